The molecular weight excluding hydrogens is 362 g/mol. The SMILES string of the molecule is Cc1nn(-c2ccccc2)c(Oc2ccccc2)c1CN(CC1CC1)C[C@H](C)O. The molecule has 1 aliphatic carbocycles. The van der Waals surface area contributed by atoms with Crippen LogP contribution >= 0.6 is 0 Å². The molecular formula is C24H29N3O2. The lowest BCUT2D eigenvalue weighted by atomic mass is 10.2. The molecule has 1 saturated carbocycles. The van der Waals surface area contributed by atoms with Crippen molar-refractivity contribution in [1.29, 1.82) is 0 Å². The Morgan fingerprint density at radius 3 is 2.38 bits per heavy atom. The van der Waals surface area contributed by atoms with Crippen molar-refractivity contribution in [2.75, 3.05) is 13.1 Å². The van der Waals surface area contributed by atoms with Gasteiger partial charge >= 0.3 is 0 Å². The van der Waals surface area contributed by atoms with E-state index in [0.717, 1.165) is 41.0 Å². The van der Waals surface area contributed by atoms with E-state index >= 15 is 0 Å². The van der Waals surface area contributed by atoms with Gasteiger partial charge in [0.2, 0.25) is 5.88 Å². The van der Waals surface area contributed by atoms with E-state index in [2.05, 4.69) is 4.90 Å². The minimum Gasteiger partial charge on any atom is -0.439 e. The van der Waals surface area contributed by atoms with Gasteiger partial charge in [-0.3, -0.25) is 4.90 Å². The minimum atomic E-state index is -0.364. The van der Waals surface area contributed by atoms with Crippen molar-refractivity contribution < 1.29 is 9.84 Å². The van der Waals surface area contributed by atoms with E-state index in [-0.39, 0.29) is 6.10 Å². The lowest BCUT2D eigenvalue weighted by Crippen LogP contribution is -2.32. The number of para-hydroxylation sites is 2. The Morgan fingerprint density at radius 1 is 1.10 bits per heavy atom. The molecule has 1 atom stereocenters. The summed E-state index contributed by atoms with van der Waals surface area (Å²) in [5, 5.41) is 14.8. The maximum atomic E-state index is 10.00. The molecule has 0 radical (unpaired) electrons. The van der Waals surface area contributed by atoms with Crippen molar-refractivity contribution in [2.24, 2.45) is 5.92 Å². The number of aryl methyl sites for hydroxylation is 1. The van der Waals surface area contributed by atoms with Crippen LogP contribution in [0.2, 0.25) is 0 Å². The smallest absolute Gasteiger partial charge is 0.227 e. The largest absolute Gasteiger partial charge is 0.439 e. The maximum absolute atomic E-state index is 10.00. The third-order valence-electron chi connectivity index (χ3n) is 5.21. The van der Waals surface area contributed by atoms with E-state index in [1.807, 2.05) is 79.2 Å². The first kappa shape index (κ1) is 19.7. The molecule has 0 spiro atoms. The Kier molecular flexibility index (Phi) is 5.97. The summed E-state index contributed by atoms with van der Waals surface area (Å²) in [6.45, 7) is 6.25. The van der Waals surface area contributed by atoms with Gasteiger partial charge in [0.05, 0.1) is 23.0 Å². The molecule has 5 nitrogen and oxygen atoms in total. The molecule has 152 valence electrons. The van der Waals surface area contributed by atoms with Gasteiger partial charge in [0.25, 0.3) is 0 Å². The zero-order valence-corrected chi connectivity index (χ0v) is 17.2. The van der Waals surface area contributed by atoms with Crippen LogP contribution in [-0.4, -0.2) is 39.0 Å². The monoisotopic (exact) mass is 391 g/mol. The predicted octanol–water partition coefficient (Wildman–Crippen LogP) is 4.57. The summed E-state index contributed by atoms with van der Waals surface area (Å²) in [6, 6.07) is 19.9. The number of ether oxygens (including phenoxy) is 1. The third-order valence-corrected chi connectivity index (χ3v) is 5.21. The molecule has 5 heteroatoms. The summed E-state index contributed by atoms with van der Waals surface area (Å²) in [5.41, 5.74) is 2.99. The fourth-order valence-electron chi connectivity index (χ4n) is 3.64. The Hall–Kier alpha value is -2.63. The first-order chi connectivity index (χ1) is 14.1. The summed E-state index contributed by atoms with van der Waals surface area (Å²) in [6.07, 6.45) is 2.20. The number of aliphatic hydroxyl groups excluding tert-OH is 1. The molecule has 29 heavy (non-hydrogen) atoms. The second kappa shape index (κ2) is 8.80. The number of aromatic nitrogens is 2. The van der Waals surface area contributed by atoms with Crippen LogP contribution in [0.5, 0.6) is 11.6 Å². The third kappa shape index (κ3) is 5.05. The zero-order valence-electron chi connectivity index (χ0n) is 17.2. The first-order valence-corrected chi connectivity index (χ1v) is 10.4. The molecule has 0 amide bonds. The quantitative estimate of drug-likeness (QED) is 0.581. The molecule has 0 unspecified atom stereocenters. The Labute approximate surface area is 172 Å². The fourth-order valence-corrected chi connectivity index (χ4v) is 3.64. The van der Waals surface area contributed by atoms with E-state index in [1.165, 1.54) is 12.8 Å². The lowest BCUT2D eigenvalue weighted by molar-refractivity contribution is 0.118. The van der Waals surface area contributed by atoms with Crippen LogP contribution in [0.3, 0.4) is 0 Å². The topological polar surface area (TPSA) is 50.5 Å². The summed E-state index contributed by atoms with van der Waals surface area (Å²) < 4.78 is 8.24. The highest BCUT2D eigenvalue weighted by atomic mass is 16.5. The number of rotatable bonds is 9. The molecule has 0 saturated heterocycles. The molecule has 0 aliphatic heterocycles. The van der Waals surface area contributed by atoms with Crippen LogP contribution in [0, 0.1) is 12.8 Å². The van der Waals surface area contributed by atoms with Gasteiger partial charge in [-0.1, -0.05) is 36.4 Å². The van der Waals surface area contributed by atoms with Crippen molar-refractivity contribution in [1.82, 2.24) is 14.7 Å². The van der Waals surface area contributed by atoms with E-state index in [4.69, 9.17) is 9.84 Å². The Bertz CT molecular complexity index is 914. The molecule has 3 aromatic rings. The molecule has 1 fully saturated rings. The minimum absolute atomic E-state index is 0.364. The summed E-state index contributed by atoms with van der Waals surface area (Å²) in [4.78, 5) is 2.33. The number of nitrogens with zero attached hydrogens (tertiary/aromatic N) is 3. The van der Waals surface area contributed by atoms with Crippen LogP contribution < -0.4 is 4.74 Å². The normalized spacial score (nSPS) is 14.9. The maximum Gasteiger partial charge on any atom is 0.227 e. The molecule has 1 N–H and O–H groups in total. The highest BCUT2D eigenvalue weighted by molar-refractivity contribution is 5.43. The standard InChI is InChI=1S/C24H29N3O2/c1-18(28)15-26(16-20-13-14-20)17-23-19(2)25-27(21-9-5-3-6-10-21)24(23)29-22-11-7-4-8-12-22/h3-12,18,20,28H,13-17H2,1-2H3/t18-/m0/s1. The molecule has 2 aromatic carbocycles. The summed E-state index contributed by atoms with van der Waals surface area (Å²) in [5.74, 6) is 2.28. The number of hydrogen-bond acceptors (Lipinski definition) is 4. The average Bonchev–Trinajstić information content (AvgIpc) is 3.48. The van der Waals surface area contributed by atoms with Gasteiger partial charge in [-0.05, 0) is 56.9 Å². The Balaban J connectivity index is 1.70. The van der Waals surface area contributed by atoms with E-state index in [0.29, 0.717) is 13.1 Å². The van der Waals surface area contributed by atoms with E-state index in [1.54, 1.807) is 0 Å². The highest BCUT2D eigenvalue weighted by Crippen LogP contribution is 2.34. The first-order valence-electron chi connectivity index (χ1n) is 10.4. The summed E-state index contributed by atoms with van der Waals surface area (Å²) in [7, 11) is 0. The second-order valence-electron chi connectivity index (χ2n) is 8.02. The van der Waals surface area contributed by atoms with Crippen LogP contribution in [-0.2, 0) is 6.54 Å². The molecule has 1 aromatic heterocycles. The molecule has 4 rings (SSSR count). The van der Waals surface area contributed by atoms with Gasteiger partial charge in [0, 0.05) is 19.6 Å². The summed E-state index contributed by atoms with van der Waals surface area (Å²) >= 11 is 0. The number of aliphatic hydroxyl groups is 1. The fraction of sp³-hybridized carbons (Fsp3) is 0.375. The number of benzene rings is 2. The van der Waals surface area contributed by atoms with Gasteiger partial charge in [-0.15, -0.1) is 0 Å². The highest BCUT2D eigenvalue weighted by Gasteiger charge is 2.27. The van der Waals surface area contributed by atoms with Gasteiger partial charge in [-0.2, -0.15) is 5.10 Å². The van der Waals surface area contributed by atoms with E-state index in [9.17, 15) is 5.11 Å². The zero-order chi connectivity index (χ0) is 20.2. The van der Waals surface area contributed by atoms with Crippen LogP contribution in [0.25, 0.3) is 5.69 Å². The average molecular weight is 392 g/mol. The van der Waals surface area contributed by atoms with Gasteiger partial charge in [-0.25, -0.2) is 4.68 Å². The van der Waals surface area contributed by atoms with Gasteiger partial charge in [0.1, 0.15) is 5.75 Å². The van der Waals surface area contributed by atoms with Crippen LogP contribution in [0.4, 0.5) is 0 Å². The van der Waals surface area contributed by atoms with Crippen LogP contribution in [0.15, 0.2) is 60.7 Å². The van der Waals surface area contributed by atoms with Crippen LogP contribution in [0.1, 0.15) is 31.0 Å². The van der Waals surface area contributed by atoms with Crippen molar-refractivity contribution >= 4 is 0 Å². The second-order valence-corrected chi connectivity index (χ2v) is 8.02. The van der Waals surface area contributed by atoms with Gasteiger partial charge < -0.3 is 9.84 Å². The molecule has 1 aliphatic rings. The van der Waals surface area contributed by atoms with Crippen molar-refractivity contribution in [3.63, 3.8) is 0 Å². The lowest BCUT2D eigenvalue weighted by Gasteiger charge is -2.24. The van der Waals surface area contributed by atoms with Crippen molar-refractivity contribution in [3.05, 3.63) is 71.9 Å². The van der Waals surface area contributed by atoms with E-state index < -0.39 is 0 Å². The number of hydrogen-bond donors (Lipinski definition) is 1. The predicted molar refractivity (Wildman–Crippen MR) is 114 cm³/mol. The molecule has 1 heterocycles. The van der Waals surface area contributed by atoms with Gasteiger partial charge in [0.15, 0.2) is 0 Å². The Morgan fingerprint density at radius 2 is 1.76 bits per heavy atom. The molecule has 0 bridgehead atoms. The van der Waals surface area contributed by atoms with Crippen molar-refractivity contribution in [3.8, 4) is 17.3 Å². The van der Waals surface area contributed by atoms with Crippen molar-refractivity contribution in [2.45, 2.75) is 39.3 Å².